The minimum absolute atomic E-state index is 0.0545. The zero-order valence-corrected chi connectivity index (χ0v) is 25.7. The highest BCUT2D eigenvalue weighted by molar-refractivity contribution is 5.61. The van der Waals surface area contributed by atoms with Gasteiger partial charge in [0.2, 0.25) is 0 Å². The summed E-state index contributed by atoms with van der Waals surface area (Å²) in [5.41, 5.74) is 3.97. The van der Waals surface area contributed by atoms with Gasteiger partial charge in [0.15, 0.2) is 0 Å². The first-order chi connectivity index (χ1) is 18.0. The number of rotatable bonds is 4. The van der Waals surface area contributed by atoms with Crippen molar-refractivity contribution in [2.24, 2.45) is 57.2 Å². The van der Waals surface area contributed by atoms with E-state index >= 15 is 0 Å². The van der Waals surface area contributed by atoms with Gasteiger partial charge >= 0.3 is 0 Å². The largest absolute Gasteiger partial charge is 0.396 e. The lowest BCUT2D eigenvalue weighted by Gasteiger charge is -2.50. The number of aldehydes is 1. The summed E-state index contributed by atoms with van der Waals surface area (Å²) in [5.74, 6) is 4.85. The maximum atomic E-state index is 12.1. The fourth-order valence-corrected chi connectivity index (χ4v) is 11.8. The Bertz CT molecular complexity index is 939. The molecule has 8 atom stereocenters. The normalized spacial score (nSPS) is 44.9. The smallest absolute Gasteiger partial charge is 0.126 e. The van der Waals surface area contributed by atoms with Gasteiger partial charge in [0.05, 0.1) is 0 Å². The van der Waals surface area contributed by atoms with Gasteiger partial charge in [-0.1, -0.05) is 51.0 Å². The minimum Gasteiger partial charge on any atom is -0.396 e. The molecule has 4 saturated carbocycles. The molecular weight excluding hydrogens is 464 g/mol. The number of allylic oxidation sites excluding steroid dienone is 4. The Morgan fingerprint density at radius 2 is 1.32 bits per heavy atom. The van der Waals surface area contributed by atoms with E-state index in [4.69, 9.17) is 0 Å². The van der Waals surface area contributed by atoms with Crippen molar-refractivity contribution in [1.29, 1.82) is 0 Å². The van der Waals surface area contributed by atoms with Crippen LogP contribution in [-0.4, -0.2) is 18.0 Å². The summed E-state index contributed by atoms with van der Waals surface area (Å²) in [6.07, 6.45) is 24.0. The number of carbonyl (C=O) groups is 1. The van der Waals surface area contributed by atoms with E-state index in [0.29, 0.717) is 23.4 Å². The molecule has 0 aromatic rings. The third-order valence-corrected chi connectivity index (χ3v) is 13.6. The molecule has 6 aliphatic carbocycles. The molecule has 0 heterocycles. The van der Waals surface area contributed by atoms with Gasteiger partial charge < -0.3 is 9.90 Å². The lowest BCUT2D eigenvalue weighted by Crippen LogP contribution is -2.45. The molecular formula is C36H58O2. The van der Waals surface area contributed by atoms with Crippen LogP contribution in [0.5, 0.6) is 0 Å². The fourth-order valence-electron chi connectivity index (χ4n) is 11.8. The van der Waals surface area contributed by atoms with Crippen molar-refractivity contribution in [3.05, 3.63) is 23.3 Å². The summed E-state index contributed by atoms with van der Waals surface area (Å²) in [7, 11) is 0. The number of carbonyl (C=O) groups excluding carboxylic acids is 1. The van der Waals surface area contributed by atoms with Crippen LogP contribution in [0.3, 0.4) is 0 Å². The van der Waals surface area contributed by atoms with E-state index in [1.807, 2.05) is 0 Å². The van der Waals surface area contributed by atoms with Gasteiger partial charge in [-0.15, -0.1) is 0 Å². The molecule has 0 aliphatic heterocycles. The number of aliphatic hydroxyl groups is 1. The Hall–Kier alpha value is -0.890. The number of fused-ring (bicyclic) bond motifs is 4. The Balaban J connectivity index is 0.000000155. The average Bonchev–Trinajstić information content (AvgIpc) is 3.59. The quantitative estimate of drug-likeness (QED) is 0.295. The third-order valence-electron chi connectivity index (χ3n) is 13.6. The summed E-state index contributed by atoms with van der Waals surface area (Å²) >= 11 is 0. The number of hydrogen-bond donors (Lipinski definition) is 1. The molecule has 4 bridgehead atoms. The molecule has 1 N–H and O–H groups in total. The molecule has 6 aliphatic rings. The van der Waals surface area contributed by atoms with E-state index in [9.17, 15) is 9.90 Å². The summed E-state index contributed by atoms with van der Waals surface area (Å²) in [6.45, 7) is 14.7. The first kappa shape index (κ1) is 28.6. The highest BCUT2D eigenvalue weighted by Crippen LogP contribution is 2.67. The summed E-state index contributed by atoms with van der Waals surface area (Å²) in [4.78, 5) is 12.1. The van der Waals surface area contributed by atoms with Crippen molar-refractivity contribution in [2.45, 2.75) is 131 Å². The van der Waals surface area contributed by atoms with Gasteiger partial charge in [-0.2, -0.15) is 0 Å². The van der Waals surface area contributed by atoms with E-state index in [2.05, 4.69) is 53.7 Å². The molecule has 8 unspecified atom stereocenters. The van der Waals surface area contributed by atoms with Crippen LogP contribution < -0.4 is 0 Å². The second-order valence-electron chi connectivity index (χ2n) is 16.2. The lowest BCUT2D eigenvalue weighted by atomic mass is 9.55. The van der Waals surface area contributed by atoms with Crippen molar-refractivity contribution >= 4 is 6.29 Å². The van der Waals surface area contributed by atoms with E-state index in [-0.39, 0.29) is 10.8 Å². The maximum Gasteiger partial charge on any atom is 0.126 e. The van der Waals surface area contributed by atoms with Gasteiger partial charge in [-0.25, -0.2) is 0 Å². The molecule has 0 saturated heterocycles. The Morgan fingerprint density at radius 3 is 1.82 bits per heavy atom. The predicted octanol–water partition coefficient (Wildman–Crippen LogP) is 9.32. The van der Waals surface area contributed by atoms with Crippen molar-refractivity contribution in [3.63, 3.8) is 0 Å². The zero-order valence-electron chi connectivity index (χ0n) is 25.7. The minimum atomic E-state index is -0.0545. The Morgan fingerprint density at radius 1 is 0.789 bits per heavy atom. The van der Waals surface area contributed by atoms with Crippen molar-refractivity contribution < 1.29 is 9.90 Å². The van der Waals surface area contributed by atoms with Crippen LogP contribution in [0.2, 0.25) is 0 Å². The Kier molecular flexibility index (Phi) is 7.91. The number of hydrogen-bond acceptors (Lipinski definition) is 2. The molecule has 4 fully saturated rings. The highest BCUT2D eigenvalue weighted by Gasteiger charge is 2.60. The van der Waals surface area contributed by atoms with Crippen molar-refractivity contribution in [2.75, 3.05) is 6.61 Å². The third kappa shape index (κ3) is 4.71. The van der Waals surface area contributed by atoms with Crippen molar-refractivity contribution in [1.82, 2.24) is 0 Å². The molecule has 38 heavy (non-hydrogen) atoms. The van der Waals surface area contributed by atoms with E-state index in [1.54, 1.807) is 0 Å². The second-order valence-corrected chi connectivity index (χ2v) is 16.2. The molecule has 0 aromatic heterocycles. The first-order valence-electron chi connectivity index (χ1n) is 16.4. The van der Waals surface area contributed by atoms with Gasteiger partial charge in [-0.05, 0) is 150 Å². The topological polar surface area (TPSA) is 37.3 Å². The highest BCUT2D eigenvalue weighted by atomic mass is 16.3. The van der Waals surface area contributed by atoms with Crippen LogP contribution >= 0.6 is 0 Å². The lowest BCUT2D eigenvalue weighted by molar-refractivity contribution is -0.125. The predicted molar refractivity (Wildman–Crippen MR) is 159 cm³/mol. The van der Waals surface area contributed by atoms with E-state index in [0.717, 1.165) is 48.9 Å². The summed E-state index contributed by atoms with van der Waals surface area (Å²) < 4.78 is 0. The SMILES string of the molecule is CC1=CCC(C=O)(C2C3CCC(C3)C2(C)C)CCC1.CC1=CCC(CO)(C2C3CCC(C3)C2(C)C)CCC1. The van der Waals surface area contributed by atoms with E-state index < -0.39 is 0 Å². The van der Waals surface area contributed by atoms with Crippen LogP contribution in [0, 0.1) is 57.2 Å². The van der Waals surface area contributed by atoms with Crippen LogP contribution in [0.25, 0.3) is 0 Å². The molecule has 214 valence electrons. The molecule has 0 amide bonds. The molecule has 2 nitrogen and oxygen atoms in total. The number of aliphatic hydroxyl groups excluding tert-OH is 1. The molecule has 2 heteroatoms. The van der Waals surface area contributed by atoms with Crippen LogP contribution in [-0.2, 0) is 4.79 Å². The molecule has 0 aromatic carbocycles. The zero-order chi connectivity index (χ0) is 27.3. The average molecular weight is 523 g/mol. The van der Waals surface area contributed by atoms with Gasteiger partial charge in [-0.3, -0.25) is 0 Å². The maximum absolute atomic E-state index is 12.1. The van der Waals surface area contributed by atoms with Gasteiger partial charge in [0, 0.05) is 17.4 Å². The summed E-state index contributed by atoms with van der Waals surface area (Å²) in [6, 6.07) is 0. The Labute approximate surface area is 234 Å². The van der Waals surface area contributed by atoms with Crippen LogP contribution in [0.15, 0.2) is 23.3 Å². The standard InChI is InChI=1S/C18H30O.C18H28O/c2*1-13-5-4-9-18(12-19,10-8-13)16-14-6-7-15(11-14)17(16,2)3/h8,14-16,19H,4-7,9-12H2,1-3H3;8,12,14-16H,4-7,9-11H2,1-3H3. The molecule has 0 spiro atoms. The van der Waals surface area contributed by atoms with Crippen LogP contribution in [0.1, 0.15) is 131 Å². The van der Waals surface area contributed by atoms with E-state index in [1.165, 1.54) is 88.1 Å². The molecule has 0 radical (unpaired) electrons. The van der Waals surface area contributed by atoms with Crippen molar-refractivity contribution in [3.8, 4) is 0 Å². The monoisotopic (exact) mass is 522 g/mol. The summed E-state index contributed by atoms with van der Waals surface area (Å²) in [5, 5.41) is 10.2. The van der Waals surface area contributed by atoms with Crippen LogP contribution in [0.4, 0.5) is 0 Å². The first-order valence-corrected chi connectivity index (χ1v) is 16.4. The fraction of sp³-hybridized carbons (Fsp3) is 0.861. The molecule has 6 rings (SSSR count). The van der Waals surface area contributed by atoms with Gasteiger partial charge in [0.1, 0.15) is 6.29 Å². The second kappa shape index (κ2) is 10.5. The van der Waals surface area contributed by atoms with Gasteiger partial charge in [0.25, 0.3) is 0 Å².